The number of carbonyl (C=O) groups excluding carboxylic acids is 1. The molecular weight excluding hydrogens is 236 g/mol. The van der Waals surface area contributed by atoms with Gasteiger partial charge in [0.1, 0.15) is 0 Å². The Labute approximate surface area is 108 Å². The van der Waals surface area contributed by atoms with Gasteiger partial charge in [0.15, 0.2) is 0 Å². The van der Waals surface area contributed by atoms with Crippen LogP contribution in [0.5, 0.6) is 0 Å². The minimum absolute atomic E-state index is 0.378. The van der Waals surface area contributed by atoms with Crippen LogP contribution in [0.2, 0.25) is 0 Å². The molecule has 0 aliphatic carbocycles. The van der Waals surface area contributed by atoms with Crippen molar-refractivity contribution in [2.24, 2.45) is 5.92 Å². The highest BCUT2D eigenvalue weighted by Crippen LogP contribution is 2.26. The van der Waals surface area contributed by atoms with Crippen molar-refractivity contribution in [3.63, 3.8) is 0 Å². The van der Waals surface area contributed by atoms with Gasteiger partial charge in [0.05, 0.1) is 33.0 Å². The maximum Gasteiger partial charge on any atom is 0.366 e. The van der Waals surface area contributed by atoms with E-state index in [1.54, 1.807) is 6.92 Å². The number of methoxy groups -OCH3 is 1. The van der Waals surface area contributed by atoms with Crippen LogP contribution < -0.4 is 0 Å². The molecule has 2 fully saturated rings. The molecule has 2 heterocycles. The highest BCUT2D eigenvalue weighted by atomic mass is 16.7. The fraction of sp³-hybridized carbons (Fsp3) is 0.923. The van der Waals surface area contributed by atoms with Crippen LogP contribution in [0.1, 0.15) is 32.6 Å². The average Bonchev–Trinajstić information content (AvgIpc) is 3.20. The first-order chi connectivity index (χ1) is 8.64. The van der Waals surface area contributed by atoms with E-state index in [4.69, 9.17) is 14.2 Å². The summed E-state index contributed by atoms with van der Waals surface area (Å²) in [7, 11) is 1.34. The van der Waals surface area contributed by atoms with Crippen molar-refractivity contribution < 1.29 is 23.7 Å². The summed E-state index contributed by atoms with van der Waals surface area (Å²) in [6, 6.07) is 0. The Morgan fingerprint density at radius 3 is 2.39 bits per heavy atom. The Hall–Kier alpha value is -0.650. The molecule has 0 aromatic rings. The summed E-state index contributed by atoms with van der Waals surface area (Å²) in [5, 5.41) is 0. The van der Waals surface area contributed by atoms with E-state index in [9.17, 15) is 4.79 Å². The quantitative estimate of drug-likeness (QED) is 0.410. The van der Waals surface area contributed by atoms with Crippen LogP contribution in [-0.4, -0.2) is 44.8 Å². The molecule has 18 heavy (non-hydrogen) atoms. The molecule has 0 aromatic carbocycles. The summed E-state index contributed by atoms with van der Waals surface area (Å²) >= 11 is 0. The van der Waals surface area contributed by atoms with Crippen LogP contribution >= 0.6 is 0 Å². The third kappa shape index (κ3) is 3.67. The van der Waals surface area contributed by atoms with Crippen molar-refractivity contribution in [3.05, 3.63) is 0 Å². The van der Waals surface area contributed by atoms with Crippen LogP contribution in [0.15, 0.2) is 0 Å². The van der Waals surface area contributed by atoms with E-state index in [0.717, 1.165) is 25.9 Å². The van der Waals surface area contributed by atoms with Gasteiger partial charge in [-0.2, -0.15) is 0 Å². The molecule has 2 rings (SSSR count). The van der Waals surface area contributed by atoms with Gasteiger partial charge in [-0.25, -0.2) is 4.79 Å². The van der Waals surface area contributed by atoms with Gasteiger partial charge in [0.2, 0.25) is 0 Å². The average molecular weight is 258 g/mol. The molecule has 0 amide bonds. The van der Waals surface area contributed by atoms with Gasteiger partial charge in [-0.05, 0) is 12.8 Å². The number of hydrogen-bond acceptors (Lipinski definition) is 5. The molecule has 0 aromatic heterocycles. The van der Waals surface area contributed by atoms with E-state index in [1.165, 1.54) is 13.5 Å². The smallest absolute Gasteiger partial charge is 0.366 e. The molecule has 1 unspecified atom stereocenters. The summed E-state index contributed by atoms with van der Waals surface area (Å²) in [6.45, 7) is 3.67. The zero-order valence-corrected chi connectivity index (χ0v) is 11.1. The van der Waals surface area contributed by atoms with E-state index in [1.807, 2.05) is 0 Å². The molecule has 0 radical (unpaired) electrons. The maximum atomic E-state index is 11.5. The Bertz CT molecular complexity index is 279. The maximum absolute atomic E-state index is 11.5. The van der Waals surface area contributed by atoms with Crippen molar-refractivity contribution >= 4 is 5.97 Å². The standard InChI is InChI=1S/C13H22O5/c1-13(12(14)15-2)17-7-10(8-18-13)5-3-4-6-11-9-16-11/h10-11H,3-9H2,1-2H3/t10-,11?,13+. The van der Waals surface area contributed by atoms with Crippen molar-refractivity contribution in [1.82, 2.24) is 0 Å². The van der Waals surface area contributed by atoms with E-state index in [2.05, 4.69) is 4.74 Å². The molecule has 104 valence electrons. The largest absolute Gasteiger partial charge is 0.465 e. The molecular formula is C13H22O5. The van der Waals surface area contributed by atoms with E-state index >= 15 is 0 Å². The first kappa shape index (κ1) is 13.8. The number of hydrogen-bond donors (Lipinski definition) is 0. The normalized spacial score (nSPS) is 35.2. The third-order valence-corrected chi connectivity index (χ3v) is 3.54. The lowest BCUT2D eigenvalue weighted by Crippen LogP contribution is -2.48. The predicted molar refractivity (Wildman–Crippen MR) is 64.0 cm³/mol. The molecule has 5 nitrogen and oxygen atoms in total. The van der Waals surface area contributed by atoms with Gasteiger partial charge < -0.3 is 18.9 Å². The molecule has 0 N–H and O–H groups in total. The lowest BCUT2D eigenvalue weighted by molar-refractivity contribution is -0.272. The summed E-state index contributed by atoms with van der Waals surface area (Å²) in [5.74, 6) is -1.30. The van der Waals surface area contributed by atoms with Gasteiger partial charge >= 0.3 is 5.97 Å². The first-order valence-electron chi connectivity index (χ1n) is 6.62. The number of epoxide rings is 1. The Morgan fingerprint density at radius 2 is 1.83 bits per heavy atom. The molecule has 2 aliphatic heterocycles. The number of rotatable bonds is 6. The van der Waals surface area contributed by atoms with Gasteiger partial charge in [-0.15, -0.1) is 0 Å². The van der Waals surface area contributed by atoms with E-state index < -0.39 is 11.8 Å². The predicted octanol–water partition coefficient (Wildman–Crippen LogP) is 1.50. The Kier molecular flexibility index (Phi) is 4.59. The van der Waals surface area contributed by atoms with Gasteiger partial charge in [-0.1, -0.05) is 12.8 Å². The van der Waals surface area contributed by atoms with Crippen LogP contribution in [0, 0.1) is 5.92 Å². The molecule has 0 saturated carbocycles. The summed E-state index contributed by atoms with van der Waals surface area (Å²) in [4.78, 5) is 11.5. The topological polar surface area (TPSA) is 57.3 Å². The summed E-state index contributed by atoms with van der Waals surface area (Å²) in [6.07, 6.45) is 5.10. The number of ether oxygens (including phenoxy) is 4. The van der Waals surface area contributed by atoms with Gasteiger partial charge in [-0.3, -0.25) is 0 Å². The van der Waals surface area contributed by atoms with Crippen molar-refractivity contribution in [1.29, 1.82) is 0 Å². The lowest BCUT2D eigenvalue weighted by atomic mass is 10.0. The fourth-order valence-corrected chi connectivity index (χ4v) is 2.15. The van der Waals surface area contributed by atoms with Gasteiger partial charge in [0.25, 0.3) is 5.79 Å². The summed E-state index contributed by atoms with van der Waals surface area (Å²) in [5.41, 5.74) is 0. The van der Waals surface area contributed by atoms with E-state index in [0.29, 0.717) is 25.2 Å². The molecule has 0 bridgehead atoms. The third-order valence-electron chi connectivity index (χ3n) is 3.54. The minimum atomic E-state index is -1.22. The van der Waals surface area contributed by atoms with Crippen molar-refractivity contribution in [3.8, 4) is 0 Å². The van der Waals surface area contributed by atoms with Crippen LogP contribution in [0.3, 0.4) is 0 Å². The van der Waals surface area contributed by atoms with Crippen LogP contribution in [-0.2, 0) is 23.7 Å². The first-order valence-corrected chi connectivity index (χ1v) is 6.62. The minimum Gasteiger partial charge on any atom is -0.465 e. The number of carbonyl (C=O) groups is 1. The second-order valence-electron chi connectivity index (χ2n) is 5.17. The second kappa shape index (κ2) is 5.99. The summed E-state index contributed by atoms with van der Waals surface area (Å²) < 4.78 is 20.8. The fourth-order valence-electron chi connectivity index (χ4n) is 2.15. The highest BCUT2D eigenvalue weighted by molar-refractivity contribution is 5.77. The Morgan fingerprint density at radius 1 is 1.22 bits per heavy atom. The molecule has 1 atom stereocenters. The SMILES string of the molecule is COC(=O)[C@]1(C)OC[C@H](CCCCC2CO2)CO1. The van der Waals surface area contributed by atoms with Crippen molar-refractivity contribution in [2.45, 2.75) is 44.5 Å². The highest BCUT2D eigenvalue weighted by Gasteiger charge is 2.41. The van der Waals surface area contributed by atoms with Crippen LogP contribution in [0.4, 0.5) is 0 Å². The molecule has 2 aliphatic rings. The van der Waals surface area contributed by atoms with Gasteiger partial charge in [0, 0.05) is 12.8 Å². The number of unbranched alkanes of at least 4 members (excludes halogenated alkanes) is 1. The second-order valence-corrected chi connectivity index (χ2v) is 5.17. The lowest BCUT2D eigenvalue weighted by Gasteiger charge is -2.35. The Balaban J connectivity index is 1.61. The van der Waals surface area contributed by atoms with Crippen molar-refractivity contribution in [2.75, 3.05) is 26.9 Å². The zero-order chi connectivity index (χ0) is 13.0. The molecule has 5 heteroatoms. The van der Waals surface area contributed by atoms with Crippen LogP contribution in [0.25, 0.3) is 0 Å². The zero-order valence-electron chi connectivity index (χ0n) is 11.1. The monoisotopic (exact) mass is 258 g/mol. The van der Waals surface area contributed by atoms with E-state index in [-0.39, 0.29) is 0 Å². The number of esters is 1. The molecule has 0 spiro atoms. The molecule has 2 saturated heterocycles.